The molecule has 0 amide bonds. The highest BCUT2D eigenvalue weighted by Gasteiger charge is 2.11. The maximum Gasteiger partial charge on any atom is 0.317 e. The minimum atomic E-state index is -0.795. The zero-order valence-corrected chi connectivity index (χ0v) is 15.5. The van der Waals surface area contributed by atoms with Crippen LogP contribution in [0.3, 0.4) is 0 Å². The van der Waals surface area contributed by atoms with Crippen molar-refractivity contribution in [3.63, 3.8) is 0 Å². The maximum atomic E-state index is 12.9. The molecule has 0 saturated heterocycles. The molecule has 0 radical (unpaired) electrons. The van der Waals surface area contributed by atoms with E-state index in [1.807, 2.05) is 24.3 Å². The zero-order chi connectivity index (χ0) is 18.1. The van der Waals surface area contributed by atoms with Gasteiger partial charge in [-0.1, -0.05) is 53.0 Å². The highest BCUT2D eigenvalue weighted by Crippen LogP contribution is 2.17. The maximum absolute atomic E-state index is 12.9. The Balaban J connectivity index is 1.67. The summed E-state index contributed by atoms with van der Waals surface area (Å²) in [6.07, 6.45) is 4.58. The van der Waals surface area contributed by atoms with Gasteiger partial charge in [-0.2, -0.15) is 0 Å². The van der Waals surface area contributed by atoms with E-state index in [4.69, 9.17) is 9.84 Å². The average Bonchev–Trinajstić information content (AvgIpc) is 2.61. The Hall–Kier alpha value is -1.88. The number of carbonyl (C=O) groups is 1. The molecule has 2 aromatic carbocycles. The van der Waals surface area contributed by atoms with Crippen molar-refractivity contribution in [2.75, 3.05) is 0 Å². The monoisotopic (exact) mass is 408 g/mol. The van der Waals surface area contributed by atoms with E-state index in [9.17, 15) is 9.18 Å². The van der Waals surface area contributed by atoms with Crippen LogP contribution >= 0.6 is 15.9 Å². The van der Waals surface area contributed by atoms with Crippen LogP contribution in [0, 0.1) is 5.82 Å². The Morgan fingerprint density at radius 2 is 1.64 bits per heavy atom. The summed E-state index contributed by atoms with van der Waals surface area (Å²) in [5.41, 5.74) is 2.17. The molecule has 0 aliphatic heterocycles. The van der Waals surface area contributed by atoms with Crippen molar-refractivity contribution in [1.82, 2.24) is 0 Å². The number of hydrogen-bond donors (Lipinski definition) is 1. The summed E-state index contributed by atoms with van der Waals surface area (Å²) in [6, 6.07) is 14.3. The molecule has 0 saturated carbocycles. The molecule has 3 nitrogen and oxygen atoms in total. The number of carboxylic acids is 1. The SMILES string of the molecule is O=C(O)C(Br)CCCCCc1ccc(OCc2ccc(F)cc2)cc1. The fourth-order valence-corrected chi connectivity index (χ4v) is 2.78. The average molecular weight is 409 g/mol. The van der Waals surface area contributed by atoms with Gasteiger partial charge in [0.05, 0.1) is 0 Å². The van der Waals surface area contributed by atoms with Gasteiger partial charge in [0.25, 0.3) is 0 Å². The van der Waals surface area contributed by atoms with Gasteiger partial charge in [0.1, 0.15) is 23.0 Å². The van der Waals surface area contributed by atoms with Gasteiger partial charge < -0.3 is 9.84 Å². The lowest BCUT2D eigenvalue weighted by Crippen LogP contribution is -2.11. The van der Waals surface area contributed by atoms with E-state index in [-0.39, 0.29) is 5.82 Å². The van der Waals surface area contributed by atoms with Crippen molar-refractivity contribution >= 4 is 21.9 Å². The molecular weight excluding hydrogens is 387 g/mol. The number of aliphatic carboxylic acids is 1. The third-order valence-corrected chi connectivity index (χ3v) is 4.78. The fraction of sp³-hybridized carbons (Fsp3) is 0.350. The number of unbranched alkanes of at least 4 members (excludes halogenated alkanes) is 2. The normalized spacial score (nSPS) is 11.9. The highest BCUT2D eigenvalue weighted by molar-refractivity contribution is 9.10. The molecule has 1 N–H and O–H groups in total. The quantitative estimate of drug-likeness (QED) is 0.425. The zero-order valence-electron chi connectivity index (χ0n) is 14.0. The van der Waals surface area contributed by atoms with E-state index in [1.165, 1.54) is 17.7 Å². The van der Waals surface area contributed by atoms with Crippen LogP contribution in [0.2, 0.25) is 0 Å². The van der Waals surface area contributed by atoms with Crippen LogP contribution in [-0.2, 0) is 17.8 Å². The lowest BCUT2D eigenvalue weighted by Gasteiger charge is -2.08. The third-order valence-electron chi connectivity index (χ3n) is 3.93. The van der Waals surface area contributed by atoms with Gasteiger partial charge in [-0.25, -0.2) is 4.39 Å². The number of benzene rings is 2. The molecule has 1 atom stereocenters. The van der Waals surface area contributed by atoms with Gasteiger partial charge in [-0.3, -0.25) is 4.79 Å². The van der Waals surface area contributed by atoms with Crippen molar-refractivity contribution in [3.8, 4) is 5.75 Å². The number of rotatable bonds is 10. The first-order valence-corrected chi connectivity index (χ1v) is 9.29. The number of aryl methyl sites for hydroxylation is 1. The molecule has 0 aliphatic carbocycles. The summed E-state index contributed by atoms with van der Waals surface area (Å²) in [7, 11) is 0. The summed E-state index contributed by atoms with van der Waals surface area (Å²) in [5.74, 6) is -0.254. The van der Waals surface area contributed by atoms with E-state index in [1.54, 1.807) is 12.1 Å². The Labute approximate surface area is 156 Å². The van der Waals surface area contributed by atoms with Gasteiger partial charge >= 0.3 is 5.97 Å². The fourth-order valence-electron chi connectivity index (χ4n) is 2.45. The van der Waals surface area contributed by atoms with Crippen LogP contribution in [0.1, 0.15) is 36.8 Å². The molecule has 0 aromatic heterocycles. The van der Waals surface area contributed by atoms with E-state index in [0.29, 0.717) is 13.0 Å². The number of alkyl halides is 1. The molecule has 134 valence electrons. The Bertz CT molecular complexity index is 656. The van der Waals surface area contributed by atoms with Gasteiger partial charge in [-0.05, 0) is 54.7 Å². The second kappa shape index (κ2) is 10.2. The predicted molar refractivity (Wildman–Crippen MR) is 99.7 cm³/mol. The number of hydrogen-bond acceptors (Lipinski definition) is 2. The largest absolute Gasteiger partial charge is 0.489 e. The van der Waals surface area contributed by atoms with Crippen LogP contribution in [0.5, 0.6) is 5.75 Å². The summed E-state index contributed by atoms with van der Waals surface area (Å²) in [6.45, 7) is 0.414. The van der Waals surface area contributed by atoms with Crippen LogP contribution in [0.15, 0.2) is 48.5 Å². The molecule has 0 heterocycles. The predicted octanol–water partition coefficient (Wildman–Crippen LogP) is 5.36. The third kappa shape index (κ3) is 7.26. The minimum Gasteiger partial charge on any atom is -0.489 e. The number of carboxylic acid groups (broad SMARTS) is 1. The van der Waals surface area contributed by atoms with Gasteiger partial charge in [0.15, 0.2) is 0 Å². The molecule has 25 heavy (non-hydrogen) atoms. The van der Waals surface area contributed by atoms with Gasteiger partial charge in [0.2, 0.25) is 0 Å². The molecular formula is C20H22BrFO3. The molecule has 5 heteroatoms. The number of ether oxygens (including phenoxy) is 1. The van der Waals surface area contributed by atoms with Crippen LogP contribution in [0.4, 0.5) is 4.39 Å². The molecule has 1 unspecified atom stereocenters. The first-order valence-electron chi connectivity index (χ1n) is 8.37. The summed E-state index contributed by atoms with van der Waals surface area (Å²) in [4.78, 5) is 10.3. The summed E-state index contributed by atoms with van der Waals surface area (Å²) < 4.78 is 18.5. The van der Waals surface area contributed by atoms with E-state index in [2.05, 4.69) is 15.9 Å². The summed E-state index contributed by atoms with van der Waals surface area (Å²) >= 11 is 3.15. The molecule has 2 rings (SSSR count). The van der Waals surface area contributed by atoms with Crippen LogP contribution < -0.4 is 4.74 Å². The Morgan fingerprint density at radius 3 is 2.28 bits per heavy atom. The van der Waals surface area contributed by atoms with Crippen LogP contribution in [-0.4, -0.2) is 15.9 Å². The molecule has 0 bridgehead atoms. The minimum absolute atomic E-state index is 0.247. The summed E-state index contributed by atoms with van der Waals surface area (Å²) in [5, 5.41) is 8.80. The Morgan fingerprint density at radius 1 is 1.00 bits per heavy atom. The lowest BCUT2D eigenvalue weighted by atomic mass is 10.1. The molecule has 0 fully saturated rings. The smallest absolute Gasteiger partial charge is 0.317 e. The van der Waals surface area contributed by atoms with E-state index >= 15 is 0 Å². The van der Waals surface area contributed by atoms with E-state index < -0.39 is 10.8 Å². The molecule has 2 aromatic rings. The van der Waals surface area contributed by atoms with Gasteiger partial charge in [-0.15, -0.1) is 0 Å². The Kier molecular flexibility index (Phi) is 7.92. The standard InChI is InChI=1S/C20H22BrFO3/c21-19(20(23)24)5-3-1-2-4-15-8-12-18(13-9-15)25-14-16-6-10-17(22)11-7-16/h6-13,19H,1-5,14H2,(H,23,24). The van der Waals surface area contributed by atoms with Crippen LogP contribution in [0.25, 0.3) is 0 Å². The first kappa shape index (κ1) is 19.4. The van der Waals surface area contributed by atoms with E-state index in [0.717, 1.165) is 37.0 Å². The van der Waals surface area contributed by atoms with Crippen molar-refractivity contribution in [1.29, 1.82) is 0 Å². The highest BCUT2D eigenvalue weighted by atomic mass is 79.9. The lowest BCUT2D eigenvalue weighted by molar-refractivity contribution is -0.136. The molecule has 0 aliphatic rings. The second-order valence-corrected chi connectivity index (χ2v) is 7.07. The number of halogens is 2. The second-order valence-electron chi connectivity index (χ2n) is 5.96. The first-order chi connectivity index (χ1) is 12.0. The van der Waals surface area contributed by atoms with Crippen molar-refractivity contribution in [2.45, 2.75) is 43.5 Å². The topological polar surface area (TPSA) is 46.5 Å². The molecule has 0 spiro atoms. The van der Waals surface area contributed by atoms with Crippen molar-refractivity contribution in [3.05, 3.63) is 65.5 Å². The van der Waals surface area contributed by atoms with Crippen molar-refractivity contribution in [2.24, 2.45) is 0 Å². The van der Waals surface area contributed by atoms with Crippen molar-refractivity contribution < 1.29 is 19.0 Å². The van der Waals surface area contributed by atoms with Gasteiger partial charge in [0, 0.05) is 0 Å².